The summed E-state index contributed by atoms with van der Waals surface area (Å²) < 4.78 is 10.9. The van der Waals surface area contributed by atoms with Crippen LogP contribution < -0.4 is 0 Å². The molecular weight excluding hydrogens is 316 g/mol. The molecular formula is C20H40O3Si. The highest BCUT2D eigenvalue weighted by Gasteiger charge is 2.18. The van der Waals surface area contributed by atoms with Crippen molar-refractivity contribution in [3.05, 3.63) is 12.2 Å². The maximum absolute atomic E-state index is 11.0. The molecule has 24 heavy (non-hydrogen) atoms. The third-order valence-electron chi connectivity index (χ3n) is 3.93. The summed E-state index contributed by atoms with van der Waals surface area (Å²) in [6, 6.07) is 0. The summed E-state index contributed by atoms with van der Waals surface area (Å²) in [7, 11) is -0.0180. The monoisotopic (exact) mass is 356 g/mol. The minimum atomic E-state index is -1.47. The van der Waals surface area contributed by atoms with Crippen molar-refractivity contribution in [2.75, 3.05) is 7.11 Å². The Balaban J connectivity index is 3.82. The van der Waals surface area contributed by atoms with Crippen molar-refractivity contribution in [3.63, 3.8) is 0 Å². The quantitative estimate of drug-likeness (QED) is 0.151. The summed E-state index contributed by atoms with van der Waals surface area (Å²) in [4.78, 5) is 11.0. The molecule has 0 aliphatic heterocycles. The third kappa shape index (κ3) is 16.3. The van der Waals surface area contributed by atoms with Gasteiger partial charge in [-0.05, 0) is 45.3 Å². The number of allylic oxidation sites excluding steroid dienone is 1. The van der Waals surface area contributed by atoms with Crippen molar-refractivity contribution in [1.82, 2.24) is 0 Å². The summed E-state index contributed by atoms with van der Waals surface area (Å²) in [6.07, 6.45) is 17.3. The fourth-order valence-corrected chi connectivity index (χ4v) is 3.76. The fraction of sp³-hybridized carbons (Fsp3) is 0.850. The molecule has 1 atom stereocenters. The van der Waals surface area contributed by atoms with Crippen LogP contribution in [0.1, 0.15) is 77.6 Å². The van der Waals surface area contributed by atoms with Gasteiger partial charge in [-0.1, -0.05) is 57.6 Å². The Hall–Kier alpha value is -0.613. The largest absolute Gasteiger partial charge is 0.469 e. The van der Waals surface area contributed by atoms with E-state index in [0.29, 0.717) is 12.5 Å². The SMILES string of the molecule is CCCCCC(/C=C/CCCCCCCC(=O)OC)O[Si](C)(C)C. The van der Waals surface area contributed by atoms with Crippen LogP contribution >= 0.6 is 0 Å². The van der Waals surface area contributed by atoms with Gasteiger partial charge in [-0.3, -0.25) is 4.79 Å². The smallest absolute Gasteiger partial charge is 0.305 e. The molecule has 0 saturated heterocycles. The predicted molar refractivity (Wildman–Crippen MR) is 106 cm³/mol. The Labute approximate surface area is 151 Å². The Morgan fingerprint density at radius 3 is 2.29 bits per heavy atom. The van der Waals surface area contributed by atoms with Crippen molar-refractivity contribution in [2.45, 2.75) is 103 Å². The lowest BCUT2D eigenvalue weighted by Crippen LogP contribution is -2.31. The highest BCUT2D eigenvalue weighted by molar-refractivity contribution is 6.69. The standard InChI is InChI=1S/C20H40O3Si/c1-6-7-13-16-19(23-24(3,4)5)17-14-11-9-8-10-12-15-18-20(21)22-2/h14,17,19H,6-13,15-16,18H2,1-5H3/b17-14+. The van der Waals surface area contributed by atoms with Crippen LogP contribution in [0.3, 0.4) is 0 Å². The molecule has 0 aromatic heterocycles. The zero-order valence-electron chi connectivity index (χ0n) is 16.7. The molecule has 0 aliphatic rings. The van der Waals surface area contributed by atoms with Crippen LogP contribution in [0.15, 0.2) is 12.2 Å². The van der Waals surface area contributed by atoms with E-state index in [9.17, 15) is 4.79 Å². The summed E-state index contributed by atoms with van der Waals surface area (Å²) in [5, 5.41) is 0. The molecule has 0 heterocycles. The molecule has 0 aliphatic carbocycles. The van der Waals surface area contributed by atoms with Gasteiger partial charge >= 0.3 is 5.97 Å². The zero-order valence-corrected chi connectivity index (χ0v) is 17.7. The van der Waals surface area contributed by atoms with Crippen molar-refractivity contribution in [2.24, 2.45) is 0 Å². The number of rotatable bonds is 15. The maximum Gasteiger partial charge on any atom is 0.305 e. The fourth-order valence-electron chi connectivity index (χ4n) is 2.66. The lowest BCUT2D eigenvalue weighted by Gasteiger charge is -2.24. The Kier molecular flexibility index (Phi) is 14.3. The molecule has 0 N–H and O–H groups in total. The summed E-state index contributed by atoms with van der Waals surface area (Å²) >= 11 is 0. The number of methoxy groups -OCH3 is 1. The molecule has 0 fully saturated rings. The first-order valence-electron chi connectivity index (χ1n) is 9.80. The molecule has 0 rings (SSSR count). The number of hydrogen-bond donors (Lipinski definition) is 0. The number of carbonyl (C=O) groups excluding carboxylic acids is 1. The van der Waals surface area contributed by atoms with E-state index < -0.39 is 8.32 Å². The summed E-state index contributed by atoms with van der Waals surface area (Å²) in [5.41, 5.74) is 0. The van der Waals surface area contributed by atoms with E-state index in [1.807, 2.05) is 0 Å². The van der Waals surface area contributed by atoms with Gasteiger partial charge in [0.25, 0.3) is 0 Å². The minimum absolute atomic E-state index is 0.0885. The molecule has 1 unspecified atom stereocenters. The van der Waals surface area contributed by atoms with E-state index in [1.165, 1.54) is 45.6 Å². The van der Waals surface area contributed by atoms with Crippen molar-refractivity contribution in [1.29, 1.82) is 0 Å². The van der Waals surface area contributed by atoms with Gasteiger partial charge in [-0.15, -0.1) is 0 Å². The van der Waals surface area contributed by atoms with Gasteiger partial charge in [-0.2, -0.15) is 0 Å². The minimum Gasteiger partial charge on any atom is -0.469 e. The summed E-state index contributed by atoms with van der Waals surface area (Å²) in [6.45, 7) is 9.04. The average molecular weight is 357 g/mol. The molecule has 4 heteroatoms. The zero-order chi connectivity index (χ0) is 18.3. The number of ether oxygens (including phenoxy) is 1. The second-order valence-corrected chi connectivity index (χ2v) is 12.0. The second-order valence-electron chi connectivity index (χ2n) is 7.58. The Bertz CT molecular complexity index is 334. The summed E-state index contributed by atoms with van der Waals surface area (Å²) in [5.74, 6) is -0.0885. The average Bonchev–Trinajstić information content (AvgIpc) is 2.51. The lowest BCUT2D eigenvalue weighted by molar-refractivity contribution is -0.140. The lowest BCUT2D eigenvalue weighted by atomic mass is 10.1. The van der Waals surface area contributed by atoms with Crippen molar-refractivity contribution in [3.8, 4) is 0 Å². The molecule has 3 nitrogen and oxygen atoms in total. The van der Waals surface area contributed by atoms with E-state index in [4.69, 9.17) is 4.43 Å². The first-order valence-corrected chi connectivity index (χ1v) is 13.2. The van der Waals surface area contributed by atoms with Crippen LogP contribution in [0.4, 0.5) is 0 Å². The van der Waals surface area contributed by atoms with Crippen LogP contribution in [0, 0.1) is 0 Å². The van der Waals surface area contributed by atoms with Gasteiger partial charge < -0.3 is 9.16 Å². The Morgan fingerprint density at radius 1 is 1.00 bits per heavy atom. The number of esters is 1. The molecule has 0 bridgehead atoms. The van der Waals surface area contributed by atoms with E-state index in [0.717, 1.165) is 25.7 Å². The number of carbonyl (C=O) groups is 1. The normalized spacial score (nSPS) is 13.4. The van der Waals surface area contributed by atoms with Gasteiger partial charge in [-0.25, -0.2) is 0 Å². The number of hydrogen-bond acceptors (Lipinski definition) is 3. The van der Waals surface area contributed by atoms with Crippen LogP contribution in [0.5, 0.6) is 0 Å². The molecule has 0 saturated carbocycles. The van der Waals surface area contributed by atoms with Gasteiger partial charge in [0.05, 0.1) is 13.2 Å². The first kappa shape index (κ1) is 23.4. The van der Waals surface area contributed by atoms with E-state index in [-0.39, 0.29) is 5.97 Å². The molecule has 0 radical (unpaired) electrons. The van der Waals surface area contributed by atoms with Gasteiger partial charge in [0.15, 0.2) is 8.32 Å². The van der Waals surface area contributed by atoms with E-state index in [1.54, 1.807) is 0 Å². The van der Waals surface area contributed by atoms with Crippen LogP contribution in [0.2, 0.25) is 19.6 Å². The van der Waals surface area contributed by atoms with E-state index in [2.05, 4.69) is 43.5 Å². The second kappa shape index (κ2) is 14.7. The predicted octanol–water partition coefficient (Wildman–Crippen LogP) is 6.25. The van der Waals surface area contributed by atoms with Crippen LogP contribution in [-0.4, -0.2) is 27.5 Å². The molecule has 0 aromatic rings. The van der Waals surface area contributed by atoms with Crippen molar-refractivity contribution < 1.29 is 14.0 Å². The van der Waals surface area contributed by atoms with Crippen LogP contribution in [-0.2, 0) is 14.0 Å². The molecule has 0 spiro atoms. The van der Waals surface area contributed by atoms with Gasteiger partial charge in [0.1, 0.15) is 0 Å². The van der Waals surface area contributed by atoms with Gasteiger partial charge in [0.2, 0.25) is 0 Å². The maximum atomic E-state index is 11.0. The third-order valence-corrected chi connectivity index (χ3v) is 4.94. The molecule has 0 amide bonds. The van der Waals surface area contributed by atoms with Crippen LogP contribution in [0.25, 0.3) is 0 Å². The molecule has 142 valence electrons. The highest BCUT2D eigenvalue weighted by atomic mass is 28.4. The first-order chi connectivity index (χ1) is 11.4. The van der Waals surface area contributed by atoms with E-state index >= 15 is 0 Å². The topological polar surface area (TPSA) is 35.5 Å². The highest BCUT2D eigenvalue weighted by Crippen LogP contribution is 2.15. The van der Waals surface area contributed by atoms with Crippen molar-refractivity contribution >= 4 is 14.3 Å². The Morgan fingerprint density at radius 2 is 1.67 bits per heavy atom. The van der Waals surface area contributed by atoms with Gasteiger partial charge in [0, 0.05) is 6.42 Å². The molecule has 0 aromatic carbocycles. The number of unbranched alkanes of at least 4 members (excludes halogenated alkanes) is 7.